The van der Waals surface area contributed by atoms with E-state index in [2.05, 4.69) is 31.8 Å². The molecular weight excluding hydrogens is 458 g/mol. The summed E-state index contributed by atoms with van der Waals surface area (Å²) in [4.78, 5) is 38.1. The van der Waals surface area contributed by atoms with Gasteiger partial charge in [0.2, 0.25) is 0 Å². The number of carbonyl (C=O) groups is 2. The maximum Gasteiger partial charge on any atom is 0.281 e. The number of benzene rings is 1. The van der Waals surface area contributed by atoms with Gasteiger partial charge in [-0.05, 0) is 50.1 Å². The van der Waals surface area contributed by atoms with Crippen LogP contribution in [-0.2, 0) is 4.74 Å². The summed E-state index contributed by atoms with van der Waals surface area (Å²) in [6, 6.07) is 9.55. The fourth-order valence-corrected chi connectivity index (χ4v) is 5.37. The Balaban J connectivity index is 1.44. The molecule has 0 saturated carbocycles. The number of hydrazine groups is 1. The molecular formula is C23H25N5O3S2. The molecule has 0 spiro atoms. The van der Waals surface area contributed by atoms with Crippen LogP contribution in [0.3, 0.4) is 0 Å². The van der Waals surface area contributed by atoms with E-state index in [-0.39, 0.29) is 0 Å². The third-order valence-corrected chi connectivity index (χ3v) is 7.52. The van der Waals surface area contributed by atoms with Crippen LogP contribution in [-0.4, -0.2) is 48.1 Å². The highest BCUT2D eigenvalue weighted by Crippen LogP contribution is 2.32. The number of anilines is 1. The van der Waals surface area contributed by atoms with Crippen LogP contribution in [0.4, 0.5) is 5.13 Å². The van der Waals surface area contributed by atoms with Crippen molar-refractivity contribution < 1.29 is 14.3 Å². The Labute approximate surface area is 200 Å². The van der Waals surface area contributed by atoms with Crippen LogP contribution in [0.1, 0.15) is 36.9 Å². The van der Waals surface area contributed by atoms with Crippen LogP contribution in [0.25, 0.3) is 0 Å². The lowest BCUT2D eigenvalue weighted by Crippen LogP contribution is -2.41. The third kappa shape index (κ3) is 5.52. The zero-order valence-electron chi connectivity index (χ0n) is 18.7. The van der Waals surface area contributed by atoms with E-state index in [1.54, 1.807) is 25.3 Å². The molecule has 0 bridgehead atoms. The van der Waals surface area contributed by atoms with Crippen LogP contribution in [0.5, 0.6) is 0 Å². The predicted octanol–water partition coefficient (Wildman–Crippen LogP) is 3.53. The van der Waals surface area contributed by atoms with Gasteiger partial charge in [-0.2, -0.15) is 0 Å². The second-order valence-corrected chi connectivity index (χ2v) is 9.65. The lowest BCUT2D eigenvalue weighted by molar-refractivity contribution is 0.0846. The summed E-state index contributed by atoms with van der Waals surface area (Å²) in [5, 5.41) is 1.35. The number of rotatable bonds is 5. The Morgan fingerprint density at radius 1 is 1.09 bits per heavy atom. The normalized spacial score (nSPS) is 13.6. The molecule has 10 heteroatoms. The summed E-state index contributed by atoms with van der Waals surface area (Å²) in [5.74, 6) is -0.828. The number of hydrogen-bond acceptors (Lipinski definition) is 8. The fourth-order valence-electron chi connectivity index (χ4n) is 3.29. The zero-order valence-corrected chi connectivity index (χ0v) is 20.3. The Bertz CT molecular complexity index is 1170. The van der Waals surface area contributed by atoms with Crippen molar-refractivity contribution in [3.63, 3.8) is 0 Å². The molecule has 0 radical (unpaired) electrons. The average Bonchev–Trinajstić information content (AvgIpc) is 3.22. The van der Waals surface area contributed by atoms with Gasteiger partial charge in [0.25, 0.3) is 11.8 Å². The van der Waals surface area contributed by atoms with Crippen molar-refractivity contribution in [1.82, 2.24) is 20.8 Å². The summed E-state index contributed by atoms with van der Waals surface area (Å²) < 4.78 is 5.37. The summed E-state index contributed by atoms with van der Waals surface area (Å²) in [6.07, 6.45) is 1.65. The maximum atomic E-state index is 12.9. The summed E-state index contributed by atoms with van der Waals surface area (Å²) in [7, 11) is 0. The Hall–Kier alpha value is -2.95. The molecule has 1 fully saturated rings. The van der Waals surface area contributed by atoms with Gasteiger partial charge < -0.3 is 9.64 Å². The fraction of sp³-hybridized carbons (Fsp3) is 0.304. The Morgan fingerprint density at radius 2 is 1.85 bits per heavy atom. The first-order valence-corrected chi connectivity index (χ1v) is 12.2. The number of amides is 2. The van der Waals surface area contributed by atoms with Crippen molar-refractivity contribution in [2.75, 3.05) is 31.2 Å². The molecule has 2 N–H and O–H groups in total. The minimum absolute atomic E-state index is 0.388. The number of ether oxygens (including phenoxy) is 1. The molecule has 3 aromatic rings. The first-order chi connectivity index (χ1) is 15.9. The molecule has 33 heavy (non-hydrogen) atoms. The molecule has 0 unspecified atom stereocenters. The topological polar surface area (TPSA) is 96.5 Å². The quantitative estimate of drug-likeness (QED) is 0.536. The van der Waals surface area contributed by atoms with Crippen LogP contribution in [0.2, 0.25) is 0 Å². The van der Waals surface area contributed by atoms with Crippen molar-refractivity contribution in [2.24, 2.45) is 0 Å². The van der Waals surface area contributed by atoms with Gasteiger partial charge in [0.15, 0.2) is 5.13 Å². The van der Waals surface area contributed by atoms with Gasteiger partial charge in [0, 0.05) is 24.2 Å². The molecule has 172 valence electrons. The molecule has 1 aromatic carbocycles. The lowest BCUT2D eigenvalue weighted by Gasteiger charge is -2.25. The molecule has 1 aliphatic heterocycles. The monoisotopic (exact) mass is 483 g/mol. The summed E-state index contributed by atoms with van der Waals surface area (Å²) in [5.41, 5.74) is 8.29. The molecule has 2 amide bonds. The number of aromatic nitrogens is 2. The van der Waals surface area contributed by atoms with Crippen molar-refractivity contribution in [3.8, 4) is 0 Å². The molecule has 2 aromatic heterocycles. The minimum atomic E-state index is -0.431. The molecule has 1 aliphatic rings. The van der Waals surface area contributed by atoms with E-state index in [1.165, 1.54) is 23.1 Å². The molecule has 0 atom stereocenters. The van der Waals surface area contributed by atoms with Gasteiger partial charge in [-0.25, -0.2) is 9.97 Å². The highest BCUT2D eigenvalue weighted by molar-refractivity contribution is 7.99. The van der Waals surface area contributed by atoms with E-state index in [4.69, 9.17) is 4.74 Å². The largest absolute Gasteiger partial charge is 0.378 e. The van der Waals surface area contributed by atoms with Gasteiger partial charge in [-0.15, -0.1) is 0 Å². The minimum Gasteiger partial charge on any atom is -0.378 e. The van der Waals surface area contributed by atoms with E-state index in [0.29, 0.717) is 34.4 Å². The smallest absolute Gasteiger partial charge is 0.281 e. The van der Waals surface area contributed by atoms with Gasteiger partial charge >= 0.3 is 0 Å². The SMILES string of the molecule is Cc1ccc(C)c(Sc2ncccc2C(=O)NNC(=O)c2sc(N3CCOCC3)nc2C)c1. The molecule has 1 saturated heterocycles. The Kier molecular flexibility index (Phi) is 7.26. The number of thiazole rings is 1. The number of nitrogens with one attached hydrogen (secondary N) is 2. The molecule has 3 heterocycles. The van der Waals surface area contributed by atoms with E-state index in [9.17, 15) is 9.59 Å². The summed E-state index contributed by atoms with van der Waals surface area (Å²) >= 11 is 2.74. The van der Waals surface area contributed by atoms with Gasteiger partial charge in [0.05, 0.1) is 24.5 Å². The zero-order chi connectivity index (χ0) is 23.4. The first kappa shape index (κ1) is 23.2. The van der Waals surface area contributed by atoms with Gasteiger partial charge in [-0.3, -0.25) is 20.4 Å². The van der Waals surface area contributed by atoms with E-state index >= 15 is 0 Å². The van der Waals surface area contributed by atoms with Crippen molar-refractivity contribution in [1.29, 1.82) is 0 Å². The summed E-state index contributed by atoms with van der Waals surface area (Å²) in [6.45, 7) is 8.61. The Morgan fingerprint density at radius 3 is 2.64 bits per heavy atom. The van der Waals surface area contributed by atoms with Crippen LogP contribution in [0, 0.1) is 20.8 Å². The number of morpholine rings is 1. The predicted molar refractivity (Wildman–Crippen MR) is 129 cm³/mol. The van der Waals surface area contributed by atoms with E-state index < -0.39 is 11.8 Å². The number of pyridine rings is 1. The van der Waals surface area contributed by atoms with Crippen LogP contribution in [0.15, 0.2) is 46.5 Å². The van der Waals surface area contributed by atoms with Crippen molar-refractivity contribution >= 4 is 40.0 Å². The number of aryl methyl sites for hydroxylation is 3. The second kappa shape index (κ2) is 10.3. The molecule has 8 nitrogen and oxygen atoms in total. The van der Waals surface area contributed by atoms with Crippen LogP contribution < -0.4 is 15.8 Å². The van der Waals surface area contributed by atoms with Gasteiger partial charge in [-0.1, -0.05) is 35.2 Å². The van der Waals surface area contributed by atoms with Crippen LogP contribution >= 0.6 is 23.1 Å². The van der Waals surface area contributed by atoms with E-state index in [0.717, 1.165) is 34.2 Å². The number of hydrogen-bond donors (Lipinski definition) is 2. The highest BCUT2D eigenvalue weighted by atomic mass is 32.2. The number of carbonyl (C=O) groups excluding carboxylic acids is 2. The van der Waals surface area contributed by atoms with Crippen molar-refractivity contribution in [2.45, 2.75) is 30.7 Å². The second-order valence-electron chi connectivity index (χ2n) is 7.65. The average molecular weight is 484 g/mol. The van der Waals surface area contributed by atoms with Crippen molar-refractivity contribution in [3.05, 3.63) is 63.8 Å². The molecule has 0 aliphatic carbocycles. The maximum absolute atomic E-state index is 12.9. The first-order valence-electron chi connectivity index (χ1n) is 10.5. The molecule has 4 rings (SSSR count). The standard InChI is InChI=1S/C23H25N5O3S2/c1-14-6-7-15(2)18(13-14)32-22-17(5-4-8-24-22)20(29)26-27-21(30)19-16(3)25-23(33-19)28-9-11-31-12-10-28/h4-8,13H,9-12H2,1-3H3,(H,26,29)(H,27,30). The third-order valence-electron chi connectivity index (χ3n) is 5.13. The highest BCUT2D eigenvalue weighted by Gasteiger charge is 2.21. The van der Waals surface area contributed by atoms with Gasteiger partial charge in [0.1, 0.15) is 9.90 Å². The lowest BCUT2D eigenvalue weighted by atomic mass is 10.2. The van der Waals surface area contributed by atoms with E-state index in [1.807, 2.05) is 26.0 Å². The number of nitrogens with zero attached hydrogens (tertiary/aromatic N) is 3.